The quantitative estimate of drug-likeness (QED) is 0.179. The van der Waals surface area contributed by atoms with Gasteiger partial charge in [-0.15, -0.1) is 0 Å². The van der Waals surface area contributed by atoms with Crippen LogP contribution in [0.25, 0.3) is 0 Å². The number of rotatable bonds is 13. The lowest BCUT2D eigenvalue weighted by molar-refractivity contribution is -0.139. The third kappa shape index (κ3) is 8.62. The number of aliphatic imine (C=N–C) groups is 1. The van der Waals surface area contributed by atoms with E-state index >= 15 is 0 Å². The van der Waals surface area contributed by atoms with Crippen molar-refractivity contribution in [2.24, 2.45) is 4.99 Å². The lowest BCUT2D eigenvalue weighted by Gasteiger charge is -2.19. The fraction of sp³-hybridized carbons (Fsp3) is 0.824. The Balaban J connectivity index is 1.67. The van der Waals surface area contributed by atoms with Crippen LogP contribution >= 0.6 is 0 Å². The van der Waals surface area contributed by atoms with Gasteiger partial charge in [0.15, 0.2) is 6.29 Å². The number of hydroxylamine groups is 1. The number of carboxylic acids is 1. The Hall–Kier alpha value is -1.64. The largest absolute Gasteiger partial charge is 0.480 e. The molecule has 2 heterocycles. The van der Waals surface area contributed by atoms with Crippen molar-refractivity contribution in [3.63, 3.8) is 0 Å². The number of carboxylic acid groups (broad SMARTS) is 1. The summed E-state index contributed by atoms with van der Waals surface area (Å²) in [5.74, 6) is -1.97. The van der Waals surface area contributed by atoms with E-state index in [0.29, 0.717) is 12.8 Å². The highest BCUT2D eigenvalue weighted by Crippen LogP contribution is 2.15. The van der Waals surface area contributed by atoms with Crippen LogP contribution in [0.15, 0.2) is 4.99 Å². The molecule has 2 aliphatic heterocycles. The second-order valence-corrected chi connectivity index (χ2v) is 9.17. The Morgan fingerprint density at radius 2 is 2.20 bits per heavy atom. The summed E-state index contributed by atoms with van der Waals surface area (Å²) < 4.78 is 25.7. The lowest BCUT2D eigenvalue weighted by atomic mass is 10.1. The zero-order chi connectivity index (χ0) is 22.0. The molecule has 1 saturated heterocycles. The van der Waals surface area contributed by atoms with E-state index in [1.807, 2.05) is 6.21 Å². The van der Waals surface area contributed by atoms with Gasteiger partial charge in [-0.05, 0) is 32.2 Å². The number of amides is 1. The zero-order valence-electron chi connectivity index (χ0n) is 17.1. The Morgan fingerprint density at radius 3 is 2.87 bits per heavy atom. The number of hydrogen-bond acceptors (Lipinski definition) is 9. The van der Waals surface area contributed by atoms with Crippen molar-refractivity contribution in [2.75, 3.05) is 25.4 Å². The molecule has 13 heteroatoms. The summed E-state index contributed by atoms with van der Waals surface area (Å²) in [4.78, 5) is 33.3. The number of aliphatic carboxylic acids is 1. The molecule has 172 valence electrons. The number of hydrogen-bond donors (Lipinski definition) is 6. The van der Waals surface area contributed by atoms with Crippen LogP contribution in [-0.2, 0) is 24.4 Å². The van der Waals surface area contributed by atoms with Crippen LogP contribution in [-0.4, -0.2) is 81.5 Å². The second kappa shape index (κ2) is 12.3. The number of sulfonamides is 1. The van der Waals surface area contributed by atoms with Gasteiger partial charge in [0, 0.05) is 25.7 Å². The van der Waals surface area contributed by atoms with Gasteiger partial charge in [-0.3, -0.25) is 30.1 Å². The fourth-order valence-corrected chi connectivity index (χ4v) is 4.41. The van der Waals surface area contributed by atoms with E-state index in [-0.39, 0.29) is 24.7 Å². The van der Waals surface area contributed by atoms with Crippen molar-refractivity contribution in [3.05, 3.63) is 0 Å². The highest BCUT2D eigenvalue weighted by atomic mass is 32.2. The SMILES string of the molecule is CCCS(=O)(=O)NC(CNC(=O)C1CC(CCCNC2N=CCCN2)ON1)C(=O)O. The molecule has 0 radical (unpaired) electrons. The van der Waals surface area contributed by atoms with E-state index in [0.717, 1.165) is 32.4 Å². The van der Waals surface area contributed by atoms with Gasteiger partial charge in [0.25, 0.3) is 0 Å². The van der Waals surface area contributed by atoms with Crippen molar-refractivity contribution in [1.82, 2.24) is 26.2 Å². The third-order valence-corrected chi connectivity index (χ3v) is 6.26. The van der Waals surface area contributed by atoms with Gasteiger partial charge in [0.05, 0.1) is 11.9 Å². The topological polar surface area (TPSA) is 170 Å². The predicted octanol–water partition coefficient (Wildman–Crippen LogP) is -1.74. The molecule has 0 aromatic rings. The van der Waals surface area contributed by atoms with Gasteiger partial charge < -0.3 is 10.4 Å². The molecule has 0 bridgehead atoms. The summed E-state index contributed by atoms with van der Waals surface area (Å²) >= 11 is 0. The molecule has 12 nitrogen and oxygen atoms in total. The Bertz CT molecular complexity index is 703. The molecule has 4 unspecified atom stereocenters. The van der Waals surface area contributed by atoms with Crippen molar-refractivity contribution in [3.8, 4) is 0 Å². The second-order valence-electron chi connectivity index (χ2n) is 7.29. The minimum absolute atomic E-state index is 0.0585. The van der Waals surface area contributed by atoms with Gasteiger partial charge in [-0.1, -0.05) is 6.92 Å². The molecule has 1 fully saturated rings. The third-order valence-electron chi connectivity index (χ3n) is 4.67. The molecule has 0 saturated carbocycles. The van der Waals surface area contributed by atoms with Crippen LogP contribution in [0.1, 0.15) is 39.0 Å². The Labute approximate surface area is 176 Å². The maximum absolute atomic E-state index is 12.3. The van der Waals surface area contributed by atoms with Crippen LogP contribution < -0.4 is 26.2 Å². The number of nitrogens with zero attached hydrogens (tertiary/aromatic N) is 1. The first-order chi connectivity index (χ1) is 14.3. The standard InChI is InChI=1S/C17H32N6O6S/c1-2-9-30(27,28)23-14(16(25)26)11-21-15(24)13-10-12(29-22-13)5-3-6-18-17-19-7-4-8-20-17/h7,12-14,17-18,20,22-23H,2-6,8-11H2,1H3,(H,21,24)(H,25,26). The molecule has 0 aromatic carbocycles. The van der Waals surface area contributed by atoms with E-state index in [1.165, 1.54) is 0 Å². The van der Waals surface area contributed by atoms with Crippen LogP contribution in [0.5, 0.6) is 0 Å². The summed E-state index contributed by atoms with van der Waals surface area (Å²) in [5.41, 5.74) is 2.66. The van der Waals surface area contributed by atoms with Gasteiger partial charge in [0.1, 0.15) is 12.1 Å². The first-order valence-corrected chi connectivity index (χ1v) is 11.9. The Kier molecular flexibility index (Phi) is 10.1. The first kappa shape index (κ1) is 24.6. The summed E-state index contributed by atoms with van der Waals surface area (Å²) in [6.45, 7) is 2.98. The van der Waals surface area contributed by atoms with Gasteiger partial charge in [0.2, 0.25) is 15.9 Å². The highest BCUT2D eigenvalue weighted by molar-refractivity contribution is 7.89. The molecule has 1 amide bonds. The smallest absolute Gasteiger partial charge is 0.323 e. The van der Waals surface area contributed by atoms with E-state index in [9.17, 15) is 23.1 Å². The summed E-state index contributed by atoms with van der Waals surface area (Å²) in [7, 11) is -3.71. The normalized spacial score (nSPS) is 25.2. The van der Waals surface area contributed by atoms with Gasteiger partial charge in [-0.25, -0.2) is 8.42 Å². The van der Waals surface area contributed by atoms with E-state index in [1.54, 1.807) is 6.92 Å². The minimum Gasteiger partial charge on any atom is -0.480 e. The van der Waals surface area contributed by atoms with Gasteiger partial charge >= 0.3 is 5.97 Å². The summed E-state index contributed by atoms with van der Waals surface area (Å²) in [5, 5.41) is 18.2. The molecule has 2 aliphatic rings. The Morgan fingerprint density at radius 1 is 1.40 bits per heavy atom. The fourth-order valence-electron chi connectivity index (χ4n) is 3.14. The summed E-state index contributed by atoms with van der Waals surface area (Å²) in [6, 6.07) is -2.04. The number of carbonyl (C=O) groups is 2. The minimum atomic E-state index is -3.71. The van der Waals surface area contributed by atoms with Crippen LogP contribution in [0.4, 0.5) is 0 Å². The van der Waals surface area contributed by atoms with Crippen LogP contribution in [0, 0.1) is 0 Å². The van der Waals surface area contributed by atoms with Crippen molar-refractivity contribution >= 4 is 28.1 Å². The average Bonchev–Trinajstić information content (AvgIpc) is 3.18. The molecule has 2 rings (SSSR count). The van der Waals surface area contributed by atoms with Crippen molar-refractivity contribution in [1.29, 1.82) is 0 Å². The molecule has 0 spiro atoms. The highest BCUT2D eigenvalue weighted by Gasteiger charge is 2.32. The molecular formula is C17H32N6O6S. The first-order valence-electron chi connectivity index (χ1n) is 10.2. The molecular weight excluding hydrogens is 416 g/mol. The molecule has 0 aliphatic carbocycles. The average molecular weight is 449 g/mol. The lowest BCUT2D eigenvalue weighted by Crippen LogP contribution is -2.51. The van der Waals surface area contributed by atoms with Crippen LogP contribution in [0.2, 0.25) is 0 Å². The molecule has 30 heavy (non-hydrogen) atoms. The monoisotopic (exact) mass is 448 g/mol. The zero-order valence-corrected chi connectivity index (χ0v) is 17.9. The number of nitrogens with one attached hydrogen (secondary N) is 5. The van der Waals surface area contributed by atoms with Crippen molar-refractivity contribution < 1.29 is 28.0 Å². The van der Waals surface area contributed by atoms with E-state index < -0.39 is 34.0 Å². The summed E-state index contributed by atoms with van der Waals surface area (Å²) in [6.07, 6.45) is 5.03. The van der Waals surface area contributed by atoms with Gasteiger partial charge in [-0.2, -0.15) is 10.2 Å². The van der Waals surface area contributed by atoms with Crippen molar-refractivity contribution in [2.45, 2.75) is 63.5 Å². The predicted molar refractivity (Wildman–Crippen MR) is 110 cm³/mol. The molecule has 0 aromatic heterocycles. The maximum Gasteiger partial charge on any atom is 0.323 e. The maximum atomic E-state index is 12.3. The van der Waals surface area contributed by atoms with E-state index in [2.05, 4.69) is 31.1 Å². The van der Waals surface area contributed by atoms with E-state index in [4.69, 9.17) is 4.84 Å². The number of carbonyl (C=O) groups excluding carboxylic acids is 1. The van der Waals surface area contributed by atoms with Crippen LogP contribution in [0.3, 0.4) is 0 Å². The molecule has 4 atom stereocenters. The molecule has 6 N–H and O–H groups in total.